The van der Waals surface area contributed by atoms with Gasteiger partial charge in [0.2, 0.25) is 0 Å². The normalized spacial score (nSPS) is 11.0. The molecule has 0 aliphatic rings. The van der Waals surface area contributed by atoms with Gasteiger partial charge in [-0.25, -0.2) is 4.98 Å². The fourth-order valence-corrected chi connectivity index (χ4v) is 3.20. The third-order valence-corrected chi connectivity index (χ3v) is 4.60. The van der Waals surface area contributed by atoms with Gasteiger partial charge < -0.3 is 14.5 Å². The van der Waals surface area contributed by atoms with E-state index in [9.17, 15) is 4.79 Å². The van der Waals surface area contributed by atoms with E-state index in [-0.39, 0.29) is 5.91 Å². The van der Waals surface area contributed by atoms with Gasteiger partial charge >= 0.3 is 0 Å². The molecule has 3 heterocycles. The number of rotatable bonds is 5. The van der Waals surface area contributed by atoms with E-state index in [4.69, 9.17) is 9.15 Å². The highest BCUT2D eigenvalue weighted by atomic mass is 16.5. The van der Waals surface area contributed by atoms with E-state index in [1.54, 1.807) is 30.2 Å². The Morgan fingerprint density at radius 3 is 2.71 bits per heavy atom. The van der Waals surface area contributed by atoms with Gasteiger partial charge in [0.05, 0.1) is 30.0 Å². The number of benzene rings is 1. The Morgan fingerprint density at radius 2 is 2.04 bits per heavy atom. The number of pyridine rings is 1. The van der Waals surface area contributed by atoms with Gasteiger partial charge in [0.25, 0.3) is 5.91 Å². The Bertz CT molecular complexity index is 1130. The third-order valence-electron chi connectivity index (χ3n) is 4.60. The van der Waals surface area contributed by atoms with Crippen LogP contribution < -0.4 is 10.1 Å². The summed E-state index contributed by atoms with van der Waals surface area (Å²) in [6.45, 7) is 2.28. The Kier molecular flexibility index (Phi) is 4.57. The molecule has 0 aliphatic heterocycles. The summed E-state index contributed by atoms with van der Waals surface area (Å²) in [7, 11) is 3.44. The maximum Gasteiger partial charge on any atom is 0.252 e. The van der Waals surface area contributed by atoms with Crippen LogP contribution in [0.2, 0.25) is 0 Å². The fraction of sp³-hybridized carbons (Fsp3) is 0.190. The number of hydrogen-bond acceptors (Lipinski definition) is 5. The van der Waals surface area contributed by atoms with Crippen LogP contribution in [0, 0.1) is 6.92 Å². The molecular weight excluding hydrogens is 356 g/mol. The van der Waals surface area contributed by atoms with Gasteiger partial charge in [-0.2, -0.15) is 5.10 Å². The summed E-state index contributed by atoms with van der Waals surface area (Å²) < 4.78 is 12.3. The lowest BCUT2D eigenvalue weighted by Crippen LogP contribution is -2.23. The van der Waals surface area contributed by atoms with Crippen LogP contribution in [0.5, 0.6) is 5.75 Å². The summed E-state index contributed by atoms with van der Waals surface area (Å²) >= 11 is 0. The maximum absolute atomic E-state index is 13.0. The maximum atomic E-state index is 13.0. The van der Waals surface area contributed by atoms with Crippen molar-refractivity contribution in [2.24, 2.45) is 7.05 Å². The van der Waals surface area contributed by atoms with Crippen LogP contribution in [-0.4, -0.2) is 27.8 Å². The van der Waals surface area contributed by atoms with Crippen molar-refractivity contribution in [1.82, 2.24) is 20.1 Å². The molecule has 0 bridgehead atoms. The minimum Gasteiger partial charge on any atom is -0.497 e. The third kappa shape index (κ3) is 3.22. The van der Waals surface area contributed by atoms with Gasteiger partial charge in [-0.1, -0.05) is 12.1 Å². The number of aryl methyl sites for hydroxylation is 2. The van der Waals surface area contributed by atoms with Gasteiger partial charge in [-0.05, 0) is 42.8 Å². The van der Waals surface area contributed by atoms with Crippen LogP contribution in [0.15, 0.2) is 53.1 Å². The SMILES string of the molecule is COc1ccc(CNC(=O)c2cc(-c3ccco3)nc3c2c(C)nn3C)cc1. The Labute approximate surface area is 161 Å². The first-order chi connectivity index (χ1) is 13.6. The molecule has 0 saturated heterocycles. The molecule has 4 aromatic rings. The Balaban J connectivity index is 1.68. The average Bonchev–Trinajstić information content (AvgIpc) is 3.34. The average molecular weight is 376 g/mol. The zero-order valence-corrected chi connectivity index (χ0v) is 15.9. The standard InChI is InChI=1S/C21H20N4O3/c1-13-19-16(21(26)22-12-14-6-8-15(27-3)9-7-14)11-17(18-5-4-10-28-18)23-20(19)25(2)24-13/h4-11H,12H2,1-3H3,(H,22,26). The number of fused-ring (bicyclic) bond motifs is 1. The van der Waals surface area contributed by atoms with E-state index in [0.29, 0.717) is 29.2 Å². The second-order valence-corrected chi connectivity index (χ2v) is 6.47. The van der Waals surface area contributed by atoms with Gasteiger partial charge in [0.1, 0.15) is 11.4 Å². The van der Waals surface area contributed by atoms with Crippen LogP contribution in [0.1, 0.15) is 21.6 Å². The van der Waals surface area contributed by atoms with Gasteiger partial charge in [-0.3, -0.25) is 9.48 Å². The topological polar surface area (TPSA) is 82.2 Å². The Hall–Kier alpha value is -3.61. The zero-order chi connectivity index (χ0) is 19.7. The number of amides is 1. The van der Waals surface area contributed by atoms with Crippen molar-refractivity contribution in [2.45, 2.75) is 13.5 Å². The number of ether oxygens (including phenoxy) is 1. The summed E-state index contributed by atoms with van der Waals surface area (Å²) in [5.74, 6) is 1.19. The molecular formula is C21H20N4O3. The number of methoxy groups -OCH3 is 1. The van der Waals surface area contributed by atoms with Crippen LogP contribution in [0.25, 0.3) is 22.5 Å². The zero-order valence-electron chi connectivity index (χ0n) is 15.9. The van der Waals surface area contributed by atoms with Crippen molar-refractivity contribution in [3.63, 3.8) is 0 Å². The molecule has 4 rings (SSSR count). The number of carbonyl (C=O) groups is 1. The van der Waals surface area contributed by atoms with Crippen molar-refractivity contribution in [3.05, 3.63) is 65.5 Å². The molecule has 0 saturated carbocycles. The number of nitrogens with one attached hydrogen (secondary N) is 1. The van der Waals surface area contributed by atoms with E-state index in [2.05, 4.69) is 15.4 Å². The van der Waals surface area contributed by atoms with E-state index in [0.717, 1.165) is 22.4 Å². The number of furan rings is 1. The molecule has 28 heavy (non-hydrogen) atoms. The van der Waals surface area contributed by atoms with Gasteiger partial charge in [0.15, 0.2) is 11.4 Å². The number of hydrogen-bond donors (Lipinski definition) is 1. The fourth-order valence-electron chi connectivity index (χ4n) is 3.20. The molecule has 0 radical (unpaired) electrons. The van der Waals surface area contributed by atoms with Crippen LogP contribution in [-0.2, 0) is 13.6 Å². The van der Waals surface area contributed by atoms with Crippen LogP contribution >= 0.6 is 0 Å². The minimum atomic E-state index is -0.188. The summed E-state index contributed by atoms with van der Waals surface area (Å²) in [6.07, 6.45) is 1.58. The molecule has 3 aromatic heterocycles. The van der Waals surface area contributed by atoms with Crippen LogP contribution in [0.3, 0.4) is 0 Å². The van der Waals surface area contributed by atoms with E-state index in [1.807, 2.05) is 44.3 Å². The highest BCUT2D eigenvalue weighted by Crippen LogP contribution is 2.27. The molecule has 7 heteroatoms. The molecule has 0 spiro atoms. The lowest BCUT2D eigenvalue weighted by Gasteiger charge is -2.09. The highest BCUT2D eigenvalue weighted by Gasteiger charge is 2.20. The monoisotopic (exact) mass is 376 g/mol. The van der Waals surface area contributed by atoms with Crippen molar-refractivity contribution in [3.8, 4) is 17.2 Å². The van der Waals surface area contributed by atoms with Crippen molar-refractivity contribution >= 4 is 16.9 Å². The van der Waals surface area contributed by atoms with Gasteiger partial charge in [-0.15, -0.1) is 0 Å². The predicted molar refractivity (Wildman–Crippen MR) is 105 cm³/mol. The predicted octanol–water partition coefficient (Wildman–Crippen LogP) is 3.48. The lowest BCUT2D eigenvalue weighted by atomic mass is 10.1. The summed E-state index contributed by atoms with van der Waals surface area (Å²) in [6, 6.07) is 12.9. The van der Waals surface area contributed by atoms with E-state index < -0.39 is 0 Å². The quantitative estimate of drug-likeness (QED) is 0.577. The molecule has 1 aromatic carbocycles. The molecule has 1 N–H and O–H groups in total. The first kappa shape index (κ1) is 17.8. The molecule has 0 fully saturated rings. The molecule has 142 valence electrons. The summed E-state index contributed by atoms with van der Waals surface area (Å²) in [5.41, 5.74) is 3.49. The largest absolute Gasteiger partial charge is 0.497 e. The van der Waals surface area contributed by atoms with E-state index in [1.165, 1.54) is 0 Å². The summed E-state index contributed by atoms with van der Waals surface area (Å²) in [5, 5.41) is 8.14. The van der Waals surface area contributed by atoms with Crippen molar-refractivity contribution < 1.29 is 13.9 Å². The first-order valence-electron chi connectivity index (χ1n) is 8.86. The smallest absolute Gasteiger partial charge is 0.252 e. The lowest BCUT2D eigenvalue weighted by molar-refractivity contribution is 0.0952. The Morgan fingerprint density at radius 1 is 1.25 bits per heavy atom. The van der Waals surface area contributed by atoms with Crippen molar-refractivity contribution in [1.29, 1.82) is 0 Å². The molecule has 0 atom stereocenters. The second-order valence-electron chi connectivity index (χ2n) is 6.47. The number of nitrogens with zero attached hydrogens (tertiary/aromatic N) is 3. The number of carbonyl (C=O) groups excluding carboxylic acids is 1. The first-order valence-corrected chi connectivity index (χ1v) is 8.86. The molecule has 0 unspecified atom stereocenters. The van der Waals surface area contributed by atoms with E-state index >= 15 is 0 Å². The second kappa shape index (κ2) is 7.19. The number of aromatic nitrogens is 3. The summed E-state index contributed by atoms with van der Waals surface area (Å²) in [4.78, 5) is 17.6. The molecule has 7 nitrogen and oxygen atoms in total. The molecule has 0 aliphatic carbocycles. The molecule has 1 amide bonds. The minimum absolute atomic E-state index is 0.188. The van der Waals surface area contributed by atoms with Gasteiger partial charge in [0, 0.05) is 13.6 Å². The van der Waals surface area contributed by atoms with Crippen LogP contribution in [0.4, 0.5) is 0 Å². The highest BCUT2D eigenvalue weighted by molar-refractivity contribution is 6.07. The van der Waals surface area contributed by atoms with Crippen molar-refractivity contribution in [2.75, 3.05) is 7.11 Å².